The third-order valence-corrected chi connectivity index (χ3v) is 8.23. The molecule has 0 aliphatic carbocycles. The summed E-state index contributed by atoms with van der Waals surface area (Å²) in [4.78, 5) is 17.9. The number of ether oxygens (including phenoxy) is 4. The number of rotatable bonds is 9. The quantitative estimate of drug-likeness (QED) is 0.389. The SMILES string of the molecule is COc1ncnc(OC)c1-n1c(NS(=O)(=O)[C@H]2C[C@H](OC)CN(c3ncc(F)cn3)C2)nnc1[C@H]1CCCO1. The van der Waals surface area contributed by atoms with E-state index >= 15 is 0 Å². The second-order valence-corrected chi connectivity index (χ2v) is 10.9. The molecular formula is C22H28FN9O6S. The van der Waals surface area contributed by atoms with E-state index in [4.69, 9.17) is 18.9 Å². The molecule has 5 rings (SSSR count). The first-order valence-corrected chi connectivity index (χ1v) is 13.7. The standard InChI is InChI=1S/C22H28FN9O6S/c1-35-14-7-15(11-31(10-14)21-24-8-13(23)9-25-21)39(33,34)30-22-29-28-18(16-5-4-6-38-16)32(22)17-19(36-2)26-12-27-20(17)37-3/h8-9,12,14-16H,4-7,10-11H2,1-3H3,(H,29,30)/t14-,15-,16+/m0/s1. The predicted octanol–water partition coefficient (Wildman–Crippen LogP) is 0.891. The van der Waals surface area contributed by atoms with Crippen LogP contribution < -0.4 is 19.1 Å². The first kappa shape index (κ1) is 26.9. The van der Waals surface area contributed by atoms with Crippen LogP contribution in [-0.2, 0) is 19.5 Å². The van der Waals surface area contributed by atoms with Gasteiger partial charge in [-0.05, 0) is 19.3 Å². The molecule has 0 bridgehead atoms. The Bertz CT molecular complexity index is 1380. The van der Waals surface area contributed by atoms with Crippen LogP contribution in [0.1, 0.15) is 31.2 Å². The highest BCUT2D eigenvalue weighted by atomic mass is 32.2. The van der Waals surface area contributed by atoms with Gasteiger partial charge in [-0.2, -0.15) is 9.97 Å². The number of hydrogen-bond donors (Lipinski definition) is 1. The molecule has 0 saturated carbocycles. The van der Waals surface area contributed by atoms with Crippen molar-refractivity contribution < 1.29 is 31.8 Å². The molecule has 17 heteroatoms. The minimum Gasteiger partial charge on any atom is -0.479 e. The minimum absolute atomic E-state index is 0.0364. The van der Waals surface area contributed by atoms with Gasteiger partial charge in [-0.25, -0.2) is 22.8 Å². The maximum atomic E-state index is 13.8. The van der Waals surface area contributed by atoms with E-state index in [0.29, 0.717) is 25.4 Å². The number of sulfonamides is 1. The van der Waals surface area contributed by atoms with Crippen LogP contribution in [0.3, 0.4) is 0 Å². The van der Waals surface area contributed by atoms with Crippen molar-refractivity contribution in [3.05, 3.63) is 30.4 Å². The number of anilines is 2. The summed E-state index contributed by atoms with van der Waals surface area (Å²) in [5.74, 6) is 0.0728. The fourth-order valence-corrected chi connectivity index (χ4v) is 6.05. The molecule has 3 aromatic rings. The fraction of sp³-hybridized carbons (Fsp3) is 0.545. The molecule has 3 aromatic heterocycles. The van der Waals surface area contributed by atoms with Crippen LogP contribution in [0.25, 0.3) is 5.69 Å². The zero-order chi connectivity index (χ0) is 27.6. The molecule has 0 radical (unpaired) electrons. The third-order valence-electron chi connectivity index (χ3n) is 6.54. The Kier molecular flexibility index (Phi) is 7.72. The van der Waals surface area contributed by atoms with E-state index in [2.05, 4.69) is 34.9 Å². The van der Waals surface area contributed by atoms with Gasteiger partial charge in [0.2, 0.25) is 33.7 Å². The first-order valence-electron chi connectivity index (χ1n) is 12.1. The van der Waals surface area contributed by atoms with Gasteiger partial charge in [-0.15, -0.1) is 10.2 Å². The van der Waals surface area contributed by atoms with Gasteiger partial charge in [0.05, 0.1) is 32.7 Å². The molecular weight excluding hydrogens is 537 g/mol. The second kappa shape index (κ2) is 11.2. The van der Waals surface area contributed by atoms with Crippen LogP contribution in [0.4, 0.5) is 16.3 Å². The van der Waals surface area contributed by atoms with Crippen molar-refractivity contribution in [1.82, 2.24) is 34.7 Å². The van der Waals surface area contributed by atoms with E-state index in [1.807, 2.05) is 0 Å². The van der Waals surface area contributed by atoms with Crippen molar-refractivity contribution >= 4 is 21.9 Å². The first-order chi connectivity index (χ1) is 18.8. The van der Waals surface area contributed by atoms with Gasteiger partial charge in [0, 0.05) is 26.8 Å². The van der Waals surface area contributed by atoms with E-state index in [0.717, 1.165) is 18.8 Å². The Morgan fingerprint density at radius 2 is 1.77 bits per heavy atom. The molecule has 210 valence electrons. The third kappa shape index (κ3) is 5.41. The molecule has 3 atom stereocenters. The number of methoxy groups -OCH3 is 3. The number of nitrogens with one attached hydrogen (secondary N) is 1. The van der Waals surface area contributed by atoms with Crippen molar-refractivity contribution in [2.45, 2.75) is 36.7 Å². The average Bonchev–Trinajstić information content (AvgIpc) is 3.62. The van der Waals surface area contributed by atoms with Crippen molar-refractivity contribution in [3.63, 3.8) is 0 Å². The van der Waals surface area contributed by atoms with Crippen molar-refractivity contribution in [3.8, 4) is 17.4 Å². The summed E-state index contributed by atoms with van der Waals surface area (Å²) in [7, 11) is 0.241. The highest BCUT2D eigenvalue weighted by molar-refractivity contribution is 7.93. The van der Waals surface area contributed by atoms with Gasteiger partial charge in [0.25, 0.3) is 0 Å². The summed E-state index contributed by atoms with van der Waals surface area (Å²) in [5.41, 5.74) is 0.218. The predicted molar refractivity (Wildman–Crippen MR) is 134 cm³/mol. The van der Waals surface area contributed by atoms with Gasteiger partial charge >= 0.3 is 0 Å². The monoisotopic (exact) mass is 565 g/mol. The Morgan fingerprint density at radius 1 is 1.05 bits per heavy atom. The van der Waals surface area contributed by atoms with Crippen LogP contribution in [0.5, 0.6) is 11.8 Å². The summed E-state index contributed by atoms with van der Waals surface area (Å²) in [6.45, 7) is 0.901. The summed E-state index contributed by atoms with van der Waals surface area (Å²) < 4.78 is 67.2. The van der Waals surface area contributed by atoms with Gasteiger partial charge in [0.15, 0.2) is 17.3 Å². The largest absolute Gasteiger partial charge is 0.479 e. The van der Waals surface area contributed by atoms with E-state index in [-0.39, 0.29) is 42.3 Å². The number of halogens is 1. The minimum atomic E-state index is -4.10. The molecule has 0 aromatic carbocycles. The highest BCUT2D eigenvalue weighted by Gasteiger charge is 2.39. The lowest BCUT2D eigenvalue weighted by atomic mass is 10.1. The average molecular weight is 566 g/mol. The molecule has 2 aliphatic rings. The number of nitrogens with zero attached hydrogens (tertiary/aromatic N) is 8. The second-order valence-electron chi connectivity index (χ2n) is 8.93. The fourth-order valence-electron chi connectivity index (χ4n) is 4.66. The number of hydrogen-bond acceptors (Lipinski definition) is 13. The molecule has 0 amide bonds. The smallest absolute Gasteiger partial charge is 0.245 e. The highest BCUT2D eigenvalue weighted by Crippen LogP contribution is 2.37. The lowest BCUT2D eigenvalue weighted by molar-refractivity contribution is 0.0898. The molecule has 15 nitrogen and oxygen atoms in total. The van der Waals surface area contributed by atoms with Crippen molar-refractivity contribution in [2.75, 3.05) is 50.6 Å². The van der Waals surface area contributed by atoms with Crippen molar-refractivity contribution in [2.24, 2.45) is 0 Å². The summed E-state index contributed by atoms with van der Waals surface area (Å²) in [6, 6.07) is 0. The zero-order valence-corrected chi connectivity index (χ0v) is 22.3. The zero-order valence-electron chi connectivity index (χ0n) is 21.5. The lowest BCUT2D eigenvalue weighted by Gasteiger charge is -2.36. The molecule has 5 heterocycles. The topological polar surface area (TPSA) is 169 Å². The Morgan fingerprint density at radius 3 is 2.38 bits per heavy atom. The summed E-state index contributed by atoms with van der Waals surface area (Å²) in [6.07, 6.45) is 4.09. The van der Waals surface area contributed by atoms with Crippen LogP contribution in [0, 0.1) is 5.82 Å². The van der Waals surface area contributed by atoms with E-state index in [1.165, 1.54) is 32.2 Å². The lowest BCUT2D eigenvalue weighted by Crippen LogP contribution is -2.51. The summed E-state index contributed by atoms with van der Waals surface area (Å²) in [5, 5.41) is 7.46. The van der Waals surface area contributed by atoms with Gasteiger partial charge in [-0.1, -0.05) is 0 Å². The molecule has 2 fully saturated rings. The van der Waals surface area contributed by atoms with Crippen LogP contribution in [0.15, 0.2) is 18.7 Å². The molecule has 39 heavy (non-hydrogen) atoms. The molecule has 2 aliphatic heterocycles. The number of aromatic nitrogens is 7. The summed E-state index contributed by atoms with van der Waals surface area (Å²) >= 11 is 0. The maximum absolute atomic E-state index is 13.8. The van der Waals surface area contributed by atoms with Gasteiger partial charge < -0.3 is 23.8 Å². The Balaban J connectivity index is 1.52. The Hall–Kier alpha value is -3.70. The van der Waals surface area contributed by atoms with Crippen LogP contribution >= 0.6 is 0 Å². The van der Waals surface area contributed by atoms with Crippen molar-refractivity contribution in [1.29, 1.82) is 0 Å². The van der Waals surface area contributed by atoms with Gasteiger partial charge in [-0.3, -0.25) is 9.29 Å². The molecule has 2 saturated heterocycles. The number of piperidine rings is 1. The Labute approximate surface area is 223 Å². The van der Waals surface area contributed by atoms with Crippen LogP contribution in [0.2, 0.25) is 0 Å². The molecule has 0 unspecified atom stereocenters. The van der Waals surface area contributed by atoms with Gasteiger partial charge in [0.1, 0.15) is 17.7 Å². The van der Waals surface area contributed by atoms with E-state index in [9.17, 15) is 12.8 Å². The maximum Gasteiger partial charge on any atom is 0.245 e. The van der Waals surface area contributed by atoms with E-state index < -0.39 is 33.3 Å². The van der Waals surface area contributed by atoms with Crippen LogP contribution in [-0.4, -0.2) is 95.5 Å². The molecule has 0 spiro atoms. The normalized spacial score (nSPS) is 21.6. The molecule has 1 N–H and O–H groups in total. The van der Waals surface area contributed by atoms with E-state index in [1.54, 1.807) is 4.90 Å².